The van der Waals surface area contributed by atoms with Gasteiger partial charge in [0.05, 0.1) is 6.10 Å². The Morgan fingerprint density at radius 1 is 1.61 bits per heavy atom. The summed E-state index contributed by atoms with van der Waals surface area (Å²) in [7, 11) is 0. The van der Waals surface area contributed by atoms with Gasteiger partial charge in [0, 0.05) is 12.6 Å². The molecule has 18 heavy (non-hydrogen) atoms. The van der Waals surface area contributed by atoms with E-state index >= 15 is 0 Å². The van der Waals surface area contributed by atoms with Crippen LogP contribution in [0.3, 0.4) is 0 Å². The molecule has 1 amide bonds. The van der Waals surface area contributed by atoms with Crippen LogP contribution in [0.4, 0.5) is 0 Å². The molecule has 0 aliphatic carbocycles. The normalized spacial score (nSPS) is 12.5. The van der Waals surface area contributed by atoms with Crippen LogP contribution in [0.5, 0.6) is 5.88 Å². The molecule has 6 nitrogen and oxygen atoms in total. The number of amides is 1. The average molecular weight is 256 g/mol. The van der Waals surface area contributed by atoms with Crippen LogP contribution < -0.4 is 10.1 Å². The lowest BCUT2D eigenvalue weighted by Crippen LogP contribution is -2.35. The number of aromatic nitrogens is 1. The van der Waals surface area contributed by atoms with Gasteiger partial charge in [-0.2, -0.15) is 0 Å². The highest BCUT2D eigenvalue weighted by molar-refractivity contribution is 5.77. The molecule has 1 rings (SSSR count). The van der Waals surface area contributed by atoms with Crippen molar-refractivity contribution in [2.45, 2.75) is 33.3 Å². The third-order valence-corrected chi connectivity index (χ3v) is 2.24. The van der Waals surface area contributed by atoms with Crippen LogP contribution in [-0.4, -0.2) is 35.4 Å². The van der Waals surface area contributed by atoms with Crippen molar-refractivity contribution in [3.05, 3.63) is 11.8 Å². The van der Waals surface area contributed by atoms with Gasteiger partial charge in [-0.25, -0.2) is 0 Å². The summed E-state index contributed by atoms with van der Waals surface area (Å²) in [5, 5.41) is 15.8. The Labute approximate surface area is 106 Å². The summed E-state index contributed by atoms with van der Waals surface area (Å²) in [6.45, 7) is 5.86. The smallest absolute Gasteiger partial charge is 0.258 e. The predicted molar refractivity (Wildman–Crippen MR) is 65.2 cm³/mol. The van der Waals surface area contributed by atoms with Crippen molar-refractivity contribution in [1.29, 1.82) is 0 Å². The van der Waals surface area contributed by atoms with Gasteiger partial charge < -0.3 is 19.7 Å². The number of carbonyl (C=O) groups excluding carboxylic acids is 1. The second-order valence-electron chi connectivity index (χ2n) is 4.65. The number of nitrogens with one attached hydrogen (secondary N) is 1. The number of hydrogen-bond donors (Lipinski definition) is 2. The highest BCUT2D eigenvalue weighted by atomic mass is 16.5. The monoisotopic (exact) mass is 256 g/mol. The van der Waals surface area contributed by atoms with E-state index in [9.17, 15) is 9.90 Å². The summed E-state index contributed by atoms with van der Waals surface area (Å²) in [6, 6.07) is 1.60. The van der Waals surface area contributed by atoms with E-state index in [1.807, 2.05) is 13.8 Å². The molecule has 0 spiro atoms. The molecule has 0 aliphatic heterocycles. The summed E-state index contributed by atoms with van der Waals surface area (Å²) < 4.78 is 9.90. The molecule has 0 radical (unpaired) electrons. The minimum Gasteiger partial charge on any atom is -0.465 e. The van der Waals surface area contributed by atoms with E-state index in [0.717, 1.165) is 0 Å². The number of carbonyl (C=O) groups is 1. The van der Waals surface area contributed by atoms with E-state index in [4.69, 9.17) is 9.26 Å². The number of nitrogens with zero attached hydrogens (tertiary/aromatic N) is 1. The molecule has 1 atom stereocenters. The maximum absolute atomic E-state index is 11.4. The van der Waals surface area contributed by atoms with Crippen LogP contribution in [0.1, 0.15) is 26.0 Å². The largest absolute Gasteiger partial charge is 0.465 e. The first-order valence-electron chi connectivity index (χ1n) is 5.98. The van der Waals surface area contributed by atoms with Crippen molar-refractivity contribution in [3.63, 3.8) is 0 Å². The van der Waals surface area contributed by atoms with Crippen LogP contribution in [-0.2, 0) is 4.79 Å². The number of aliphatic hydroxyl groups is 1. The molecule has 0 fully saturated rings. The fourth-order valence-electron chi connectivity index (χ4n) is 1.46. The Morgan fingerprint density at radius 2 is 2.33 bits per heavy atom. The first-order chi connectivity index (χ1) is 8.47. The number of rotatable bonds is 7. The van der Waals surface area contributed by atoms with Gasteiger partial charge in [0.15, 0.2) is 6.61 Å². The first kappa shape index (κ1) is 14.5. The number of hydrogen-bond acceptors (Lipinski definition) is 5. The van der Waals surface area contributed by atoms with Gasteiger partial charge >= 0.3 is 0 Å². The Hall–Kier alpha value is -1.56. The zero-order valence-corrected chi connectivity index (χ0v) is 11.0. The Morgan fingerprint density at radius 3 is 2.89 bits per heavy atom. The molecule has 0 saturated carbocycles. The summed E-state index contributed by atoms with van der Waals surface area (Å²) in [5.74, 6) is 1.01. The fraction of sp³-hybridized carbons (Fsp3) is 0.667. The standard InChI is InChI=1S/C12H20N2O4/c1-8(2)4-10(15)6-13-11(16)7-17-12-5-9(3)18-14-12/h5,8,10,15H,4,6-7H2,1-3H3,(H,13,16). The third-order valence-electron chi connectivity index (χ3n) is 2.24. The van der Waals surface area contributed by atoms with Crippen LogP contribution in [0.2, 0.25) is 0 Å². The van der Waals surface area contributed by atoms with Crippen molar-refractivity contribution < 1.29 is 19.2 Å². The molecule has 6 heteroatoms. The van der Waals surface area contributed by atoms with Crippen molar-refractivity contribution in [2.75, 3.05) is 13.2 Å². The van der Waals surface area contributed by atoms with Crippen LogP contribution in [0.25, 0.3) is 0 Å². The second-order valence-corrected chi connectivity index (χ2v) is 4.65. The number of aryl methyl sites for hydroxylation is 1. The average Bonchev–Trinajstić information content (AvgIpc) is 2.69. The fourth-order valence-corrected chi connectivity index (χ4v) is 1.46. The lowest BCUT2D eigenvalue weighted by Gasteiger charge is -2.13. The topological polar surface area (TPSA) is 84.6 Å². The summed E-state index contributed by atoms with van der Waals surface area (Å²) >= 11 is 0. The highest BCUT2D eigenvalue weighted by Gasteiger charge is 2.10. The zero-order valence-electron chi connectivity index (χ0n) is 11.0. The van der Waals surface area contributed by atoms with E-state index in [2.05, 4.69) is 10.5 Å². The second kappa shape index (κ2) is 7.00. The van der Waals surface area contributed by atoms with Crippen LogP contribution in [0, 0.1) is 12.8 Å². The summed E-state index contributed by atoms with van der Waals surface area (Å²) in [4.78, 5) is 11.4. The minimum atomic E-state index is -0.525. The van der Waals surface area contributed by atoms with Gasteiger partial charge in [-0.1, -0.05) is 13.8 Å². The molecule has 1 heterocycles. The molecule has 2 N–H and O–H groups in total. The van der Waals surface area contributed by atoms with Crippen molar-refractivity contribution in [2.24, 2.45) is 5.92 Å². The lowest BCUT2D eigenvalue weighted by molar-refractivity contribution is -0.123. The molecule has 1 unspecified atom stereocenters. The molecule has 0 saturated heterocycles. The van der Waals surface area contributed by atoms with E-state index in [0.29, 0.717) is 18.1 Å². The zero-order chi connectivity index (χ0) is 13.5. The van der Waals surface area contributed by atoms with Crippen LogP contribution in [0.15, 0.2) is 10.6 Å². The molecule has 1 aromatic heterocycles. The lowest BCUT2D eigenvalue weighted by atomic mass is 10.1. The van der Waals surface area contributed by atoms with E-state index in [1.54, 1.807) is 13.0 Å². The highest BCUT2D eigenvalue weighted by Crippen LogP contribution is 2.09. The van der Waals surface area contributed by atoms with Gasteiger partial charge in [0.2, 0.25) is 0 Å². The molecular formula is C12H20N2O4. The Balaban J connectivity index is 2.18. The summed E-state index contributed by atoms with van der Waals surface area (Å²) in [6.07, 6.45) is 0.132. The predicted octanol–water partition coefficient (Wildman–Crippen LogP) is 0.885. The van der Waals surface area contributed by atoms with Gasteiger partial charge in [-0.3, -0.25) is 4.79 Å². The van der Waals surface area contributed by atoms with Crippen molar-refractivity contribution >= 4 is 5.91 Å². The molecule has 0 aliphatic rings. The third kappa shape index (κ3) is 5.67. The molecule has 0 aromatic carbocycles. The van der Waals surface area contributed by atoms with Gasteiger partial charge in [0.25, 0.3) is 11.8 Å². The van der Waals surface area contributed by atoms with Gasteiger partial charge in [-0.15, -0.1) is 0 Å². The van der Waals surface area contributed by atoms with Crippen molar-refractivity contribution in [3.8, 4) is 5.88 Å². The quantitative estimate of drug-likeness (QED) is 0.756. The summed E-state index contributed by atoms with van der Waals surface area (Å²) in [5.41, 5.74) is 0. The van der Waals surface area contributed by atoms with E-state index < -0.39 is 6.10 Å². The van der Waals surface area contributed by atoms with Gasteiger partial charge in [-0.05, 0) is 24.4 Å². The number of ether oxygens (including phenoxy) is 1. The Bertz CT molecular complexity index is 376. The number of aliphatic hydroxyl groups excluding tert-OH is 1. The molecule has 0 bridgehead atoms. The maximum Gasteiger partial charge on any atom is 0.258 e. The maximum atomic E-state index is 11.4. The van der Waals surface area contributed by atoms with Crippen LogP contribution >= 0.6 is 0 Å². The van der Waals surface area contributed by atoms with E-state index in [1.165, 1.54) is 0 Å². The Kier molecular flexibility index (Phi) is 5.64. The molecular weight excluding hydrogens is 236 g/mol. The molecule has 1 aromatic rings. The van der Waals surface area contributed by atoms with E-state index in [-0.39, 0.29) is 24.9 Å². The van der Waals surface area contributed by atoms with Crippen molar-refractivity contribution in [1.82, 2.24) is 10.5 Å². The first-order valence-corrected chi connectivity index (χ1v) is 5.98. The SMILES string of the molecule is Cc1cc(OCC(=O)NCC(O)CC(C)C)no1. The minimum absolute atomic E-state index is 0.139. The van der Waals surface area contributed by atoms with Gasteiger partial charge in [0.1, 0.15) is 5.76 Å². The molecule has 102 valence electrons.